The van der Waals surface area contributed by atoms with Crippen molar-refractivity contribution in [3.05, 3.63) is 23.3 Å². The van der Waals surface area contributed by atoms with Gasteiger partial charge in [-0.3, -0.25) is 0 Å². The largest absolute Gasteiger partial charge is 0.496 e. The molecule has 18 heavy (non-hydrogen) atoms. The van der Waals surface area contributed by atoms with Crippen molar-refractivity contribution in [2.24, 2.45) is 5.73 Å². The third kappa shape index (κ3) is 4.10. The minimum Gasteiger partial charge on any atom is -0.496 e. The first-order valence-corrected chi connectivity index (χ1v) is 7.50. The van der Waals surface area contributed by atoms with E-state index in [0.717, 1.165) is 35.7 Å². The third-order valence-corrected chi connectivity index (χ3v) is 3.41. The molecule has 1 atom stereocenters. The lowest BCUT2D eigenvalue weighted by Gasteiger charge is -2.16. The zero-order chi connectivity index (χ0) is 13.5. The van der Waals surface area contributed by atoms with E-state index in [1.807, 2.05) is 18.7 Å². The second kappa shape index (κ2) is 7.54. The number of benzene rings is 1. The Morgan fingerprint density at radius 3 is 2.22 bits per heavy atom. The molecule has 0 saturated heterocycles. The molecule has 4 heteroatoms. The van der Waals surface area contributed by atoms with Gasteiger partial charge in [-0.05, 0) is 55.0 Å². The molecule has 1 rings (SSSR count). The van der Waals surface area contributed by atoms with Crippen LogP contribution in [0.2, 0.25) is 0 Å². The SMILES string of the molecule is COc1cc(CC(C)N)c(OC)cc1CCSC. The van der Waals surface area contributed by atoms with E-state index in [9.17, 15) is 0 Å². The molecule has 2 N–H and O–H groups in total. The van der Waals surface area contributed by atoms with Crippen molar-refractivity contribution >= 4 is 11.8 Å². The quantitative estimate of drug-likeness (QED) is 0.826. The second-order valence-electron chi connectivity index (χ2n) is 4.40. The smallest absolute Gasteiger partial charge is 0.122 e. The van der Waals surface area contributed by atoms with Crippen LogP contribution >= 0.6 is 11.8 Å². The van der Waals surface area contributed by atoms with E-state index >= 15 is 0 Å². The van der Waals surface area contributed by atoms with Gasteiger partial charge in [-0.1, -0.05) is 0 Å². The molecular weight excluding hydrogens is 246 g/mol. The normalized spacial score (nSPS) is 12.3. The zero-order valence-electron chi connectivity index (χ0n) is 11.7. The zero-order valence-corrected chi connectivity index (χ0v) is 12.5. The van der Waals surface area contributed by atoms with Crippen LogP contribution in [0.15, 0.2) is 12.1 Å². The maximum absolute atomic E-state index is 5.86. The van der Waals surface area contributed by atoms with Gasteiger partial charge in [-0.25, -0.2) is 0 Å². The molecule has 1 aromatic rings. The summed E-state index contributed by atoms with van der Waals surface area (Å²) >= 11 is 1.83. The Morgan fingerprint density at radius 2 is 1.72 bits per heavy atom. The highest BCUT2D eigenvalue weighted by atomic mass is 32.2. The minimum absolute atomic E-state index is 0.112. The first-order chi connectivity index (χ1) is 8.62. The van der Waals surface area contributed by atoms with E-state index in [-0.39, 0.29) is 6.04 Å². The molecule has 0 saturated carbocycles. The average molecular weight is 269 g/mol. The minimum atomic E-state index is 0.112. The van der Waals surface area contributed by atoms with Crippen LogP contribution in [-0.4, -0.2) is 32.3 Å². The van der Waals surface area contributed by atoms with E-state index in [0.29, 0.717) is 0 Å². The van der Waals surface area contributed by atoms with Crippen molar-refractivity contribution in [3.8, 4) is 11.5 Å². The summed E-state index contributed by atoms with van der Waals surface area (Å²) in [4.78, 5) is 0. The Labute approximate surface area is 114 Å². The summed E-state index contributed by atoms with van der Waals surface area (Å²) in [6.07, 6.45) is 3.88. The van der Waals surface area contributed by atoms with Crippen LogP contribution in [0.25, 0.3) is 0 Å². The number of rotatable bonds is 7. The Bertz CT molecular complexity index is 380. The number of hydrogen-bond acceptors (Lipinski definition) is 4. The average Bonchev–Trinajstić information content (AvgIpc) is 2.35. The van der Waals surface area contributed by atoms with Crippen LogP contribution in [0.3, 0.4) is 0 Å². The van der Waals surface area contributed by atoms with Gasteiger partial charge in [0.25, 0.3) is 0 Å². The highest BCUT2D eigenvalue weighted by molar-refractivity contribution is 7.98. The molecule has 0 bridgehead atoms. The van der Waals surface area contributed by atoms with Gasteiger partial charge in [0.05, 0.1) is 14.2 Å². The molecule has 1 aromatic carbocycles. The van der Waals surface area contributed by atoms with Crippen molar-refractivity contribution in [3.63, 3.8) is 0 Å². The van der Waals surface area contributed by atoms with E-state index in [4.69, 9.17) is 15.2 Å². The molecule has 0 amide bonds. The summed E-state index contributed by atoms with van der Waals surface area (Å²) in [7, 11) is 3.41. The molecule has 1 unspecified atom stereocenters. The van der Waals surface area contributed by atoms with Gasteiger partial charge in [0.1, 0.15) is 11.5 Å². The fourth-order valence-corrected chi connectivity index (χ4v) is 2.36. The van der Waals surface area contributed by atoms with E-state index in [2.05, 4.69) is 18.4 Å². The van der Waals surface area contributed by atoms with Gasteiger partial charge >= 0.3 is 0 Å². The van der Waals surface area contributed by atoms with Crippen LogP contribution < -0.4 is 15.2 Å². The van der Waals surface area contributed by atoms with Crippen molar-refractivity contribution < 1.29 is 9.47 Å². The second-order valence-corrected chi connectivity index (χ2v) is 5.39. The molecule has 0 aliphatic rings. The summed E-state index contributed by atoms with van der Waals surface area (Å²) in [6, 6.07) is 4.24. The standard InChI is InChI=1S/C14H23NO2S/c1-10(15)7-12-9-13(16-2)11(5-6-18-4)8-14(12)17-3/h8-10H,5-7,15H2,1-4H3. The van der Waals surface area contributed by atoms with Crippen LogP contribution in [0.4, 0.5) is 0 Å². The maximum Gasteiger partial charge on any atom is 0.122 e. The predicted octanol–water partition coefficient (Wildman–Crippen LogP) is 2.50. The topological polar surface area (TPSA) is 44.5 Å². The van der Waals surface area contributed by atoms with Gasteiger partial charge < -0.3 is 15.2 Å². The lowest BCUT2D eigenvalue weighted by molar-refractivity contribution is 0.394. The Hall–Kier alpha value is -0.870. The van der Waals surface area contributed by atoms with Crippen molar-refractivity contribution in [1.82, 2.24) is 0 Å². The molecule has 0 spiro atoms. The molecule has 0 fully saturated rings. The summed E-state index contributed by atoms with van der Waals surface area (Å²) in [6.45, 7) is 1.99. The first kappa shape index (κ1) is 15.2. The first-order valence-electron chi connectivity index (χ1n) is 6.10. The number of ether oxygens (including phenoxy) is 2. The van der Waals surface area contributed by atoms with Crippen molar-refractivity contribution in [1.29, 1.82) is 0 Å². The lowest BCUT2D eigenvalue weighted by Crippen LogP contribution is -2.18. The number of methoxy groups -OCH3 is 2. The Balaban J connectivity index is 3.06. The number of nitrogens with two attached hydrogens (primary N) is 1. The molecule has 0 aromatic heterocycles. The van der Waals surface area contributed by atoms with Crippen molar-refractivity contribution in [2.45, 2.75) is 25.8 Å². The molecule has 0 radical (unpaired) electrons. The Morgan fingerprint density at radius 1 is 1.17 bits per heavy atom. The van der Waals surface area contributed by atoms with Gasteiger partial charge in [0.15, 0.2) is 0 Å². The molecule has 102 valence electrons. The van der Waals surface area contributed by atoms with Gasteiger partial charge in [0, 0.05) is 6.04 Å². The number of thioether (sulfide) groups is 1. The third-order valence-electron chi connectivity index (χ3n) is 2.80. The van der Waals surface area contributed by atoms with Crippen LogP contribution in [0.5, 0.6) is 11.5 Å². The number of hydrogen-bond donors (Lipinski definition) is 1. The van der Waals surface area contributed by atoms with Gasteiger partial charge in [-0.15, -0.1) is 0 Å². The maximum atomic E-state index is 5.86. The Kier molecular flexibility index (Phi) is 6.36. The molecule has 3 nitrogen and oxygen atoms in total. The van der Waals surface area contributed by atoms with E-state index in [1.54, 1.807) is 14.2 Å². The van der Waals surface area contributed by atoms with Gasteiger partial charge in [0.2, 0.25) is 0 Å². The number of aryl methyl sites for hydroxylation is 1. The van der Waals surface area contributed by atoms with Crippen LogP contribution in [0.1, 0.15) is 18.1 Å². The molecule has 0 aliphatic heterocycles. The highest BCUT2D eigenvalue weighted by Crippen LogP contribution is 2.30. The fraction of sp³-hybridized carbons (Fsp3) is 0.571. The molecular formula is C14H23NO2S. The molecule has 0 aliphatic carbocycles. The lowest BCUT2D eigenvalue weighted by atomic mass is 10.0. The summed E-state index contributed by atoms with van der Waals surface area (Å²) in [5, 5.41) is 0. The van der Waals surface area contributed by atoms with Crippen molar-refractivity contribution in [2.75, 3.05) is 26.2 Å². The van der Waals surface area contributed by atoms with Gasteiger partial charge in [-0.2, -0.15) is 11.8 Å². The van der Waals surface area contributed by atoms with Crippen LogP contribution in [-0.2, 0) is 12.8 Å². The van der Waals surface area contributed by atoms with E-state index < -0.39 is 0 Å². The predicted molar refractivity (Wildman–Crippen MR) is 79.0 cm³/mol. The monoisotopic (exact) mass is 269 g/mol. The molecule has 0 heterocycles. The summed E-state index contributed by atoms with van der Waals surface area (Å²) in [5.74, 6) is 2.91. The highest BCUT2D eigenvalue weighted by Gasteiger charge is 2.12. The van der Waals surface area contributed by atoms with Crippen LogP contribution in [0, 0.1) is 0 Å². The summed E-state index contributed by atoms with van der Waals surface area (Å²) < 4.78 is 10.9. The summed E-state index contributed by atoms with van der Waals surface area (Å²) in [5.41, 5.74) is 8.16. The fourth-order valence-electron chi connectivity index (χ4n) is 1.94. The van der Waals surface area contributed by atoms with E-state index in [1.165, 1.54) is 5.56 Å².